The van der Waals surface area contributed by atoms with Gasteiger partial charge < -0.3 is 0 Å². The monoisotopic (exact) mass is 668 g/mol. The summed E-state index contributed by atoms with van der Waals surface area (Å²) < 4.78 is 9.62. The third-order valence-corrected chi connectivity index (χ3v) is 13.7. The minimum Gasteiger partial charge on any atom is -0.171 e. The molecule has 0 saturated heterocycles. The SMILES string of the molecule is CCCCCCCCCCc1csc(-c2sc(-c3cc(CCCCCCCCCC)c(-c4cccs4)s3)c3c2N=S=N3)c1. The standard InChI is InChI=1S/C36H48N2S5/c1-3-5-7-9-11-13-15-17-20-27-24-30(40-26-27)35-32-33(38-43-37-32)36(42-35)31-25-28(34(41-31)29-22-19-23-39-29)21-18-16-14-12-10-8-6-4-2/h19,22-26H,3-18,20-21H2,1-2H3. The number of thiophene rings is 4. The molecule has 7 heteroatoms. The van der Waals surface area contributed by atoms with E-state index in [-0.39, 0.29) is 0 Å². The summed E-state index contributed by atoms with van der Waals surface area (Å²) in [5, 5.41) is 4.59. The smallest absolute Gasteiger partial charge is 0.124 e. The Kier molecular flexibility index (Phi) is 13.8. The van der Waals surface area contributed by atoms with Crippen LogP contribution in [0, 0.1) is 0 Å². The van der Waals surface area contributed by atoms with Crippen LogP contribution in [0.5, 0.6) is 0 Å². The highest BCUT2D eigenvalue weighted by Crippen LogP contribution is 2.57. The topological polar surface area (TPSA) is 24.7 Å². The van der Waals surface area contributed by atoms with Crippen molar-refractivity contribution in [2.45, 2.75) is 129 Å². The lowest BCUT2D eigenvalue weighted by molar-refractivity contribution is 0.576. The molecule has 5 heterocycles. The maximum absolute atomic E-state index is 4.82. The number of aryl methyl sites for hydroxylation is 2. The van der Waals surface area contributed by atoms with E-state index < -0.39 is 0 Å². The second-order valence-corrected chi connectivity index (χ2v) is 16.4. The van der Waals surface area contributed by atoms with Gasteiger partial charge in [-0.2, -0.15) is 8.73 Å². The van der Waals surface area contributed by atoms with Crippen LogP contribution in [0.1, 0.15) is 128 Å². The lowest BCUT2D eigenvalue weighted by Gasteiger charge is -2.03. The Morgan fingerprint density at radius 3 is 1.79 bits per heavy atom. The van der Waals surface area contributed by atoms with Gasteiger partial charge in [-0.15, -0.1) is 45.3 Å². The molecule has 5 rings (SSSR count). The molecule has 0 atom stereocenters. The first-order valence-electron chi connectivity index (χ1n) is 16.8. The zero-order valence-electron chi connectivity index (χ0n) is 26.1. The molecule has 0 aromatic carbocycles. The van der Waals surface area contributed by atoms with Crippen LogP contribution in [0.3, 0.4) is 0 Å². The summed E-state index contributed by atoms with van der Waals surface area (Å²) in [6.07, 6.45) is 24.3. The Morgan fingerprint density at radius 1 is 0.558 bits per heavy atom. The molecule has 0 spiro atoms. The Balaban J connectivity index is 1.24. The van der Waals surface area contributed by atoms with Gasteiger partial charge >= 0.3 is 0 Å². The van der Waals surface area contributed by atoms with E-state index in [1.807, 2.05) is 45.3 Å². The van der Waals surface area contributed by atoms with Gasteiger partial charge in [0.25, 0.3) is 0 Å². The van der Waals surface area contributed by atoms with Gasteiger partial charge in [0.2, 0.25) is 0 Å². The van der Waals surface area contributed by atoms with Crippen LogP contribution < -0.4 is 0 Å². The minimum atomic E-state index is 1.10. The van der Waals surface area contributed by atoms with E-state index in [9.17, 15) is 0 Å². The number of nitrogens with zero attached hydrogens (tertiary/aromatic N) is 2. The van der Waals surface area contributed by atoms with E-state index in [0.717, 1.165) is 11.4 Å². The predicted octanol–water partition coefficient (Wildman–Crippen LogP) is 15.0. The van der Waals surface area contributed by atoms with E-state index in [1.165, 1.54) is 167 Å². The number of rotatable bonds is 21. The van der Waals surface area contributed by atoms with Crippen molar-refractivity contribution < 1.29 is 0 Å². The maximum Gasteiger partial charge on any atom is 0.124 e. The summed E-state index contributed by atoms with van der Waals surface area (Å²) in [4.78, 5) is 8.20. The van der Waals surface area contributed by atoms with E-state index in [4.69, 9.17) is 8.73 Å². The van der Waals surface area contributed by atoms with Gasteiger partial charge in [-0.05, 0) is 65.8 Å². The predicted molar refractivity (Wildman–Crippen MR) is 198 cm³/mol. The van der Waals surface area contributed by atoms with Crippen LogP contribution in [0.25, 0.3) is 29.3 Å². The molecule has 1 aliphatic heterocycles. The van der Waals surface area contributed by atoms with Crippen molar-refractivity contribution in [2.75, 3.05) is 0 Å². The normalized spacial score (nSPS) is 12.3. The fourth-order valence-corrected chi connectivity index (χ4v) is 11.0. The number of hydrogen-bond acceptors (Lipinski definition) is 6. The molecule has 0 amide bonds. The first-order chi connectivity index (χ1) is 21.3. The van der Waals surface area contributed by atoms with Crippen molar-refractivity contribution in [3.63, 3.8) is 0 Å². The van der Waals surface area contributed by atoms with E-state index in [1.54, 1.807) is 0 Å². The van der Waals surface area contributed by atoms with Crippen LogP contribution in [0.15, 0.2) is 43.8 Å². The highest BCUT2D eigenvalue weighted by Gasteiger charge is 2.25. The van der Waals surface area contributed by atoms with Gasteiger partial charge in [0.05, 0.1) is 21.1 Å². The second-order valence-electron chi connectivity index (χ2n) is 11.9. The zero-order valence-corrected chi connectivity index (χ0v) is 30.2. The Morgan fingerprint density at radius 2 is 1.16 bits per heavy atom. The second kappa shape index (κ2) is 17.9. The van der Waals surface area contributed by atoms with Gasteiger partial charge in [0.1, 0.15) is 11.4 Å². The van der Waals surface area contributed by atoms with Gasteiger partial charge in [0, 0.05) is 19.5 Å². The zero-order chi connectivity index (χ0) is 29.7. The lowest BCUT2D eigenvalue weighted by Crippen LogP contribution is -1.86. The van der Waals surface area contributed by atoms with Crippen molar-refractivity contribution in [1.82, 2.24) is 0 Å². The highest BCUT2D eigenvalue weighted by atomic mass is 32.1. The summed E-state index contributed by atoms with van der Waals surface area (Å²) in [6.45, 7) is 4.59. The number of hydrogen-bond donors (Lipinski definition) is 0. The maximum atomic E-state index is 4.82. The molecule has 0 saturated carbocycles. The Labute approximate surface area is 279 Å². The van der Waals surface area contributed by atoms with Gasteiger partial charge in [-0.1, -0.05) is 110 Å². The Hall–Kier alpha value is -1.38. The molecule has 0 unspecified atom stereocenters. The van der Waals surface area contributed by atoms with Crippen molar-refractivity contribution in [2.24, 2.45) is 8.73 Å². The average Bonchev–Trinajstić information content (AvgIpc) is 3.85. The molecule has 0 N–H and O–H groups in total. The summed E-state index contributed by atoms with van der Waals surface area (Å²) in [6, 6.07) is 9.39. The van der Waals surface area contributed by atoms with Gasteiger partial charge in [-0.25, -0.2) is 0 Å². The largest absolute Gasteiger partial charge is 0.171 e. The van der Waals surface area contributed by atoms with E-state index in [2.05, 4.69) is 48.9 Å². The van der Waals surface area contributed by atoms with Crippen molar-refractivity contribution in [3.05, 3.63) is 46.2 Å². The summed E-state index contributed by atoms with van der Waals surface area (Å²) in [7, 11) is 0. The summed E-state index contributed by atoms with van der Waals surface area (Å²) >= 11 is 8.99. The van der Waals surface area contributed by atoms with Crippen LogP contribution >= 0.6 is 45.3 Å². The van der Waals surface area contributed by atoms with Gasteiger partial charge in [-0.3, -0.25) is 0 Å². The van der Waals surface area contributed by atoms with Crippen LogP contribution in [-0.4, -0.2) is 0 Å². The first-order valence-corrected chi connectivity index (χ1v) is 20.9. The Bertz CT molecular complexity index is 1450. The molecule has 43 heavy (non-hydrogen) atoms. The number of fused-ring (bicyclic) bond motifs is 1. The van der Waals surface area contributed by atoms with E-state index >= 15 is 0 Å². The third-order valence-electron chi connectivity index (χ3n) is 8.40. The molecule has 0 aliphatic carbocycles. The van der Waals surface area contributed by atoms with Crippen LogP contribution in [0.4, 0.5) is 11.4 Å². The summed E-state index contributed by atoms with van der Waals surface area (Å²) in [5.41, 5.74) is 5.20. The highest BCUT2D eigenvalue weighted by molar-refractivity contribution is 7.58. The average molecular weight is 669 g/mol. The minimum absolute atomic E-state index is 1.10. The van der Waals surface area contributed by atoms with Gasteiger partial charge in [0.15, 0.2) is 0 Å². The van der Waals surface area contributed by atoms with Crippen LogP contribution in [-0.2, 0) is 24.2 Å². The molecular weight excluding hydrogens is 621 g/mol. The molecule has 0 radical (unpaired) electrons. The molecule has 4 aromatic heterocycles. The lowest BCUT2D eigenvalue weighted by atomic mass is 10.0. The van der Waals surface area contributed by atoms with Crippen molar-refractivity contribution in [1.29, 1.82) is 0 Å². The fraction of sp³-hybridized carbons (Fsp3) is 0.556. The number of unbranched alkanes of at least 4 members (excludes halogenated alkanes) is 14. The van der Waals surface area contributed by atoms with Crippen molar-refractivity contribution in [3.8, 4) is 29.3 Å². The fourth-order valence-electron chi connectivity index (χ4n) is 5.90. The molecule has 1 aliphatic rings. The first kappa shape index (κ1) is 33.0. The third kappa shape index (κ3) is 9.32. The van der Waals surface area contributed by atoms with Crippen LogP contribution in [0.2, 0.25) is 0 Å². The summed E-state index contributed by atoms with van der Waals surface area (Å²) in [5.74, 6) is 0. The quantitative estimate of drug-likeness (QED) is 0.0695. The van der Waals surface area contributed by atoms with Crippen molar-refractivity contribution >= 4 is 68.1 Å². The van der Waals surface area contributed by atoms with E-state index in [0.29, 0.717) is 0 Å². The molecular formula is C36H48N2S5. The molecule has 4 aromatic rings. The molecule has 0 fully saturated rings. The molecule has 2 nitrogen and oxygen atoms in total. The molecule has 0 bridgehead atoms. The molecule has 232 valence electrons.